The molecule has 290 valence electrons. The van der Waals surface area contributed by atoms with E-state index < -0.39 is 23.2 Å². The molecule has 9 rings (SSSR count). The maximum absolute atomic E-state index is 13.1. The second kappa shape index (κ2) is 15.2. The molecular weight excluding hydrogens is 672 g/mol. The first-order valence-corrected chi connectivity index (χ1v) is 20.4. The Labute approximate surface area is 314 Å². The monoisotopic (exact) mass is 732 g/mol. The Kier molecular flexibility index (Phi) is 10.6. The van der Waals surface area contributed by atoms with Crippen molar-refractivity contribution >= 4 is 11.9 Å². The molecule has 13 unspecified atom stereocenters. The lowest BCUT2D eigenvalue weighted by Gasteiger charge is -2.58. The first-order chi connectivity index (χ1) is 25.5. The summed E-state index contributed by atoms with van der Waals surface area (Å²) in [5.74, 6) is 8.78. The molecule has 7 N–H and O–H groups in total. The van der Waals surface area contributed by atoms with Gasteiger partial charge in [0.05, 0.1) is 23.8 Å². The van der Waals surface area contributed by atoms with Crippen LogP contribution in [0, 0.1) is 40.9 Å². The molecule has 7 aliphatic heterocycles. The molecule has 12 nitrogen and oxygen atoms in total. The molecule has 1 aliphatic carbocycles. The average Bonchev–Trinajstić information content (AvgIpc) is 3.13. The van der Waals surface area contributed by atoms with Crippen LogP contribution in [-0.4, -0.2) is 119 Å². The van der Waals surface area contributed by atoms with Gasteiger partial charge in [0.1, 0.15) is 12.2 Å². The predicted octanol–water partition coefficient (Wildman–Crippen LogP) is 2.34. The number of phenols is 1. The molecule has 1 spiro atoms. The van der Waals surface area contributed by atoms with Crippen molar-refractivity contribution in [1.29, 1.82) is 0 Å². The zero-order valence-electron chi connectivity index (χ0n) is 31.3. The van der Waals surface area contributed by atoms with Gasteiger partial charge in [-0.05, 0) is 100 Å². The Morgan fingerprint density at radius 3 is 2.87 bits per heavy atom. The number of guanidine groups is 1. The van der Waals surface area contributed by atoms with Crippen LogP contribution in [0.4, 0.5) is 0 Å². The normalized spacial score (nSPS) is 42.8. The van der Waals surface area contributed by atoms with Crippen molar-refractivity contribution in [2.24, 2.45) is 39.8 Å². The third-order valence-corrected chi connectivity index (χ3v) is 13.9. The summed E-state index contributed by atoms with van der Waals surface area (Å²) in [6.07, 6.45) is 7.42. The molecule has 10 bridgehead atoms. The van der Waals surface area contributed by atoms with Crippen molar-refractivity contribution in [2.45, 2.75) is 120 Å². The van der Waals surface area contributed by atoms with E-state index in [1.54, 1.807) is 6.07 Å². The molecule has 0 radical (unpaired) electrons. The molecule has 4 saturated heterocycles. The first-order valence-electron chi connectivity index (χ1n) is 20.4. The van der Waals surface area contributed by atoms with E-state index in [0.717, 1.165) is 70.3 Å². The number of aliphatic hydroxyl groups is 2. The van der Waals surface area contributed by atoms with Crippen LogP contribution in [0.3, 0.4) is 0 Å². The number of aliphatic imine (C=N–C) groups is 1. The molecule has 0 amide bonds. The second-order valence-electron chi connectivity index (χ2n) is 17.6. The number of benzene rings is 1. The summed E-state index contributed by atoms with van der Waals surface area (Å²) in [6, 6.07) is 6.23. The number of nitrogens with one attached hydrogen (secondary N) is 2. The number of fused-ring (bicyclic) bond motifs is 9. The fourth-order valence-corrected chi connectivity index (χ4v) is 11.2. The fourth-order valence-electron chi connectivity index (χ4n) is 11.2. The fraction of sp³-hybridized carbons (Fsp3) is 0.756. The topological polar surface area (TPSA) is 165 Å². The summed E-state index contributed by atoms with van der Waals surface area (Å²) in [5, 5.41) is 42.8. The summed E-state index contributed by atoms with van der Waals surface area (Å²) in [6.45, 7) is 6.66. The van der Waals surface area contributed by atoms with Crippen molar-refractivity contribution in [3.05, 3.63) is 23.8 Å². The van der Waals surface area contributed by atoms with E-state index in [1.165, 1.54) is 13.3 Å². The minimum absolute atomic E-state index is 0.00956. The van der Waals surface area contributed by atoms with E-state index in [0.29, 0.717) is 75.0 Å². The van der Waals surface area contributed by atoms with E-state index in [1.807, 2.05) is 12.1 Å². The van der Waals surface area contributed by atoms with Gasteiger partial charge in [-0.25, -0.2) is 4.99 Å². The maximum atomic E-state index is 13.1. The highest BCUT2D eigenvalue weighted by molar-refractivity contribution is 5.77. The van der Waals surface area contributed by atoms with E-state index in [2.05, 4.69) is 32.3 Å². The van der Waals surface area contributed by atoms with Crippen molar-refractivity contribution in [3.63, 3.8) is 0 Å². The SMILES string of the molecule is CC(=O)OC1CC(O)CCC2(C#CC3CCCC4CC(CCN4)Oc4cc(ccc4O)CC31)CNC(N)=NCN1CC3CC(C1)C1CCC2(O)CN1C3. The number of piperidine rings is 4. The quantitative estimate of drug-likeness (QED) is 0.186. The van der Waals surface area contributed by atoms with Crippen LogP contribution in [0.2, 0.25) is 0 Å². The number of aromatic hydroxyl groups is 1. The smallest absolute Gasteiger partial charge is 0.302 e. The van der Waals surface area contributed by atoms with Gasteiger partial charge in [-0.2, -0.15) is 0 Å². The van der Waals surface area contributed by atoms with Gasteiger partial charge in [0.25, 0.3) is 0 Å². The van der Waals surface area contributed by atoms with Crippen molar-refractivity contribution in [1.82, 2.24) is 20.4 Å². The van der Waals surface area contributed by atoms with Crippen LogP contribution in [0.1, 0.15) is 83.1 Å². The van der Waals surface area contributed by atoms with Gasteiger partial charge in [-0.1, -0.05) is 24.3 Å². The minimum Gasteiger partial charge on any atom is -0.504 e. The minimum atomic E-state index is -1.14. The lowest BCUT2D eigenvalue weighted by molar-refractivity contribution is -0.153. The van der Waals surface area contributed by atoms with E-state index in [9.17, 15) is 20.1 Å². The van der Waals surface area contributed by atoms with Crippen molar-refractivity contribution < 1.29 is 29.6 Å². The van der Waals surface area contributed by atoms with Gasteiger partial charge >= 0.3 is 5.97 Å². The largest absolute Gasteiger partial charge is 0.504 e. The van der Waals surface area contributed by atoms with E-state index >= 15 is 0 Å². The number of phenolic OH excluding ortho intramolecular Hbond substituents is 1. The van der Waals surface area contributed by atoms with E-state index in [-0.39, 0.29) is 42.1 Å². The average molecular weight is 733 g/mol. The number of nitrogens with two attached hydrogens (primary N) is 1. The molecule has 1 aromatic rings. The highest BCUT2D eigenvalue weighted by Crippen LogP contribution is 2.48. The lowest BCUT2D eigenvalue weighted by Crippen LogP contribution is -2.67. The summed E-state index contributed by atoms with van der Waals surface area (Å²) in [4.78, 5) is 22.4. The van der Waals surface area contributed by atoms with Gasteiger partial charge in [0, 0.05) is 70.0 Å². The third kappa shape index (κ3) is 7.88. The number of rotatable bonds is 1. The highest BCUT2D eigenvalue weighted by Gasteiger charge is 2.56. The van der Waals surface area contributed by atoms with Crippen LogP contribution >= 0.6 is 0 Å². The van der Waals surface area contributed by atoms with Gasteiger partial charge in [-0.3, -0.25) is 14.6 Å². The van der Waals surface area contributed by atoms with Crippen LogP contribution in [-0.2, 0) is 16.0 Å². The number of nitrogens with zero attached hydrogens (tertiary/aromatic N) is 3. The predicted molar refractivity (Wildman–Crippen MR) is 201 cm³/mol. The molecule has 7 heterocycles. The number of hydrogen-bond acceptors (Lipinski definition) is 12. The highest BCUT2D eigenvalue weighted by atomic mass is 16.5. The Morgan fingerprint density at radius 1 is 1.11 bits per heavy atom. The molecule has 53 heavy (non-hydrogen) atoms. The number of hydrogen-bond donors (Lipinski definition) is 6. The summed E-state index contributed by atoms with van der Waals surface area (Å²) in [5.41, 5.74) is 5.46. The molecule has 13 atom stereocenters. The Morgan fingerprint density at radius 2 is 2.00 bits per heavy atom. The molecule has 8 aliphatic rings. The number of aliphatic hydroxyl groups excluding tert-OH is 1. The number of carbonyl (C=O) groups is 1. The summed E-state index contributed by atoms with van der Waals surface area (Å²) in [7, 11) is 0. The maximum Gasteiger partial charge on any atom is 0.302 e. The Bertz CT molecular complexity index is 1600. The second-order valence-corrected chi connectivity index (χ2v) is 17.6. The molecule has 0 saturated carbocycles. The number of esters is 1. The first kappa shape index (κ1) is 36.9. The molecule has 0 aromatic heterocycles. The Hall–Kier alpha value is -3.08. The van der Waals surface area contributed by atoms with Crippen LogP contribution in [0.5, 0.6) is 11.5 Å². The third-order valence-electron chi connectivity index (χ3n) is 13.9. The summed E-state index contributed by atoms with van der Waals surface area (Å²) >= 11 is 0. The Balaban J connectivity index is 1.22. The van der Waals surface area contributed by atoms with Crippen LogP contribution in [0.15, 0.2) is 23.2 Å². The van der Waals surface area contributed by atoms with Gasteiger partial charge < -0.3 is 41.2 Å². The molecule has 12 heteroatoms. The standard InChI is InChI=1S/C41H60N6O6/c1-26(48)52-37-19-32(49)8-12-40(23-44-39(42)45-25-46-20-28-15-30(22-46)35-9-13-41(40,51)24-47(35)21-28)11-7-29-3-2-4-31-18-33(10-14-43-31)53-38-17-27(16-34(29)37)5-6-36(38)50/h5-6,17,28-35,37,43,49-51H,2-4,8-10,12-16,18-25H2,1H3,(H3,42,44,45). The number of carbonyl (C=O) groups excluding carboxylic acids is 1. The lowest BCUT2D eigenvalue weighted by atomic mass is 9.62. The van der Waals surface area contributed by atoms with Gasteiger partial charge in [0.15, 0.2) is 17.5 Å². The van der Waals surface area contributed by atoms with Crippen molar-refractivity contribution in [2.75, 3.05) is 45.9 Å². The van der Waals surface area contributed by atoms with E-state index in [4.69, 9.17) is 20.2 Å². The zero-order chi connectivity index (χ0) is 36.7. The summed E-state index contributed by atoms with van der Waals surface area (Å²) < 4.78 is 12.5. The molecule has 1 aromatic carbocycles. The van der Waals surface area contributed by atoms with Crippen molar-refractivity contribution in [3.8, 4) is 23.3 Å². The number of ether oxygens (including phenoxy) is 2. The van der Waals surface area contributed by atoms with Gasteiger partial charge in [-0.15, -0.1) is 0 Å². The van der Waals surface area contributed by atoms with Crippen LogP contribution in [0.25, 0.3) is 0 Å². The molecule has 4 fully saturated rings. The van der Waals surface area contributed by atoms with Gasteiger partial charge in [0.2, 0.25) is 0 Å². The van der Waals surface area contributed by atoms with Crippen LogP contribution < -0.4 is 21.1 Å². The zero-order valence-corrected chi connectivity index (χ0v) is 31.3. The molecular formula is C41H60N6O6.